The molecule has 3 N–H and O–H groups in total. The minimum absolute atomic E-state index is 0.0189. The number of nitrogens with zero attached hydrogens (tertiary/aromatic N) is 1. The Morgan fingerprint density at radius 3 is 2.43 bits per heavy atom. The van der Waals surface area contributed by atoms with Crippen molar-refractivity contribution in [2.24, 2.45) is 23.7 Å². The number of fused-ring (bicyclic) bond motifs is 1. The van der Waals surface area contributed by atoms with Crippen LogP contribution in [0.3, 0.4) is 0 Å². The fourth-order valence-corrected chi connectivity index (χ4v) is 7.46. The van der Waals surface area contributed by atoms with Crippen molar-refractivity contribution in [3.8, 4) is 0 Å². The van der Waals surface area contributed by atoms with E-state index in [1.165, 1.54) is 56.9 Å². The summed E-state index contributed by atoms with van der Waals surface area (Å²) in [5, 5.41) is 9.41. The molecule has 166 valence electrons. The Morgan fingerprint density at radius 1 is 1.00 bits per heavy atom. The zero-order chi connectivity index (χ0) is 20.6. The molecule has 1 unspecified atom stereocenters. The molecule has 0 aromatic heterocycles. The maximum atomic E-state index is 12.5. The van der Waals surface area contributed by atoms with Gasteiger partial charge < -0.3 is 20.9 Å². The molecule has 0 aromatic rings. The summed E-state index contributed by atoms with van der Waals surface area (Å²) >= 11 is 0. The molecule has 6 heteroatoms. The number of rotatable bonds is 5. The molecule has 5 fully saturated rings. The van der Waals surface area contributed by atoms with Gasteiger partial charge in [0.1, 0.15) is 0 Å². The molecule has 4 bridgehead atoms. The minimum Gasteiger partial charge on any atom is -0.338 e. The van der Waals surface area contributed by atoms with E-state index >= 15 is 0 Å². The van der Waals surface area contributed by atoms with Crippen LogP contribution in [0.1, 0.15) is 70.6 Å². The molecular weight excluding hydrogens is 376 g/mol. The van der Waals surface area contributed by atoms with E-state index in [1.54, 1.807) is 0 Å². The number of urea groups is 2. The van der Waals surface area contributed by atoms with Gasteiger partial charge in [-0.25, -0.2) is 9.59 Å². The largest absolute Gasteiger partial charge is 0.338 e. The van der Waals surface area contributed by atoms with Crippen LogP contribution in [-0.2, 0) is 0 Å². The van der Waals surface area contributed by atoms with Crippen LogP contribution in [0.15, 0.2) is 11.6 Å². The molecule has 4 amide bonds. The van der Waals surface area contributed by atoms with Crippen molar-refractivity contribution >= 4 is 12.1 Å². The number of carbonyl (C=O) groups is 2. The molecule has 1 saturated heterocycles. The maximum absolute atomic E-state index is 12.5. The summed E-state index contributed by atoms with van der Waals surface area (Å²) in [4.78, 5) is 26.9. The van der Waals surface area contributed by atoms with Crippen LogP contribution in [0.25, 0.3) is 0 Å². The van der Waals surface area contributed by atoms with Gasteiger partial charge in [0.05, 0.1) is 0 Å². The Bertz CT molecular complexity index is 668. The molecule has 6 nitrogen and oxygen atoms in total. The molecule has 0 radical (unpaired) electrons. The van der Waals surface area contributed by atoms with E-state index in [4.69, 9.17) is 0 Å². The standard InChI is InChI=1S/C24H38N4O2/c29-22(27-24-13-17-10-18(14-24)12-19(11-17)15-24)25-7-3-8-26-23(30)28-9-6-20-4-1-2-5-21(20)16-28/h5,17-20H,1-4,6-16H2,(H,26,30)(H2,25,27,29). The number of piperidine rings is 1. The summed E-state index contributed by atoms with van der Waals surface area (Å²) in [5.41, 5.74) is 1.53. The normalized spacial score (nSPS) is 36.7. The maximum Gasteiger partial charge on any atom is 0.317 e. The first-order chi connectivity index (χ1) is 14.6. The van der Waals surface area contributed by atoms with Crippen LogP contribution in [-0.4, -0.2) is 48.7 Å². The zero-order valence-electron chi connectivity index (χ0n) is 18.3. The van der Waals surface area contributed by atoms with Gasteiger partial charge in [-0.15, -0.1) is 0 Å². The summed E-state index contributed by atoms with van der Waals surface area (Å²) in [5.74, 6) is 3.21. The second kappa shape index (κ2) is 8.43. The number of hydrogen-bond donors (Lipinski definition) is 3. The number of allylic oxidation sites excluding steroid dienone is 1. The second-order valence-corrected chi connectivity index (χ2v) is 10.8. The highest BCUT2D eigenvalue weighted by atomic mass is 16.2. The summed E-state index contributed by atoms with van der Waals surface area (Å²) in [6, 6.07) is 0.0209. The highest BCUT2D eigenvalue weighted by Crippen LogP contribution is 2.55. The second-order valence-electron chi connectivity index (χ2n) is 10.8. The van der Waals surface area contributed by atoms with Crippen LogP contribution >= 0.6 is 0 Å². The molecular formula is C24H38N4O2. The van der Waals surface area contributed by atoms with Crippen molar-refractivity contribution in [2.75, 3.05) is 26.2 Å². The SMILES string of the molecule is O=C(NCCCNC(=O)N1CCC2CCCC=C2C1)NC12CC3CC(CC(C3)C1)C2. The lowest BCUT2D eigenvalue weighted by Gasteiger charge is -2.56. The minimum atomic E-state index is -0.0189. The molecule has 4 saturated carbocycles. The first-order valence-corrected chi connectivity index (χ1v) is 12.4. The third-order valence-electron chi connectivity index (χ3n) is 8.43. The van der Waals surface area contributed by atoms with Crippen LogP contribution in [0, 0.1) is 23.7 Å². The molecule has 5 aliphatic carbocycles. The van der Waals surface area contributed by atoms with Crippen LogP contribution in [0.4, 0.5) is 9.59 Å². The topological polar surface area (TPSA) is 73.5 Å². The summed E-state index contributed by atoms with van der Waals surface area (Å²) < 4.78 is 0. The number of likely N-dealkylation sites (tertiary alicyclic amines) is 1. The highest BCUT2D eigenvalue weighted by molar-refractivity contribution is 5.75. The van der Waals surface area contributed by atoms with Gasteiger partial charge in [-0.1, -0.05) is 11.6 Å². The van der Waals surface area contributed by atoms with Crippen LogP contribution < -0.4 is 16.0 Å². The van der Waals surface area contributed by atoms with E-state index in [9.17, 15) is 9.59 Å². The fraction of sp³-hybridized carbons (Fsp3) is 0.833. The number of hydrogen-bond acceptors (Lipinski definition) is 2. The van der Waals surface area contributed by atoms with E-state index in [1.807, 2.05) is 4.90 Å². The third-order valence-corrected chi connectivity index (χ3v) is 8.43. The van der Waals surface area contributed by atoms with Crippen molar-refractivity contribution in [1.82, 2.24) is 20.9 Å². The molecule has 0 spiro atoms. The van der Waals surface area contributed by atoms with Gasteiger partial charge in [-0.2, -0.15) is 0 Å². The lowest BCUT2D eigenvalue weighted by molar-refractivity contribution is -0.0135. The number of nitrogens with one attached hydrogen (secondary N) is 3. The number of amides is 4. The predicted octanol–water partition coefficient (Wildman–Crippen LogP) is 3.79. The molecule has 1 heterocycles. The van der Waals surface area contributed by atoms with Crippen molar-refractivity contribution in [3.63, 3.8) is 0 Å². The van der Waals surface area contributed by atoms with E-state index in [0.29, 0.717) is 19.0 Å². The molecule has 1 aliphatic heterocycles. The Labute approximate surface area is 180 Å². The van der Waals surface area contributed by atoms with Crippen molar-refractivity contribution in [3.05, 3.63) is 11.6 Å². The zero-order valence-corrected chi connectivity index (χ0v) is 18.3. The average Bonchev–Trinajstić information content (AvgIpc) is 2.71. The molecule has 6 rings (SSSR count). The Balaban J connectivity index is 0.989. The summed E-state index contributed by atoms with van der Waals surface area (Å²) in [6.07, 6.45) is 15.7. The quantitative estimate of drug-likeness (QED) is 0.473. The smallest absolute Gasteiger partial charge is 0.317 e. The lowest BCUT2D eigenvalue weighted by Crippen LogP contribution is -2.61. The van der Waals surface area contributed by atoms with Gasteiger partial charge in [0.25, 0.3) is 0 Å². The van der Waals surface area contributed by atoms with E-state index < -0.39 is 0 Å². The van der Waals surface area contributed by atoms with E-state index in [0.717, 1.165) is 50.1 Å². The average molecular weight is 415 g/mol. The van der Waals surface area contributed by atoms with Crippen molar-refractivity contribution in [1.29, 1.82) is 0 Å². The lowest BCUT2D eigenvalue weighted by atomic mass is 9.53. The van der Waals surface area contributed by atoms with Crippen LogP contribution in [0.2, 0.25) is 0 Å². The first kappa shape index (κ1) is 20.2. The Morgan fingerprint density at radius 2 is 1.70 bits per heavy atom. The van der Waals surface area contributed by atoms with Crippen LogP contribution in [0.5, 0.6) is 0 Å². The van der Waals surface area contributed by atoms with Crippen molar-refractivity contribution in [2.45, 2.75) is 76.2 Å². The third kappa shape index (κ3) is 4.33. The highest BCUT2D eigenvalue weighted by Gasteiger charge is 2.51. The summed E-state index contributed by atoms with van der Waals surface area (Å²) in [6.45, 7) is 2.86. The van der Waals surface area contributed by atoms with Gasteiger partial charge in [0, 0.05) is 31.7 Å². The van der Waals surface area contributed by atoms with Gasteiger partial charge in [-0.05, 0) is 94.3 Å². The van der Waals surface area contributed by atoms with E-state index in [-0.39, 0.29) is 17.6 Å². The molecule has 1 atom stereocenters. The van der Waals surface area contributed by atoms with Crippen molar-refractivity contribution < 1.29 is 9.59 Å². The predicted molar refractivity (Wildman–Crippen MR) is 117 cm³/mol. The Kier molecular flexibility index (Phi) is 5.67. The molecule has 0 aromatic carbocycles. The molecule has 6 aliphatic rings. The first-order valence-electron chi connectivity index (χ1n) is 12.4. The Hall–Kier alpha value is -1.72. The fourth-order valence-electron chi connectivity index (χ4n) is 7.46. The van der Waals surface area contributed by atoms with Gasteiger partial charge in [-0.3, -0.25) is 0 Å². The van der Waals surface area contributed by atoms with E-state index in [2.05, 4.69) is 22.0 Å². The van der Waals surface area contributed by atoms with Gasteiger partial charge in [0.2, 0.25) is 0 Å². The van der Waals surface area contributed by atoms with Gasteiger partial charge >= 0.3 is 12.1 Å². The molecule has 30 heavy (non-hydrogen) atoms. The monoisotopic (exact) mass is 414 g/mol. The number of carbonyl (C=O) groups excluding carboxylic acids is 2. The summed E-state index contributed by atoms with van der Waals surface area (Å²) in [7, 11) is 0. The van der Waals surface area contributed by atoms with Gasteiger partial charge in [0.15, 0.2) is 0 Å².